The molecule has 1 aliphatic heterocycles. The van der Waals surface area contributed by atoms with E-state index in [0.29, 0.717) is 19.5 Å². The third-order valence-electron chi connectivity index (χ3n) is 3.43. The Hall–Kier alpha value is -2.11. The van der Waals surface area contributed by atoms with Crippen molar-refractivity contribution in [1.82, 2.24) is 15.2 Å². The number of likely N-dealkylation sites (tertiary alicyclic amines) is 1. The van der Waals surface area contributed by atoms with Crippen molar-refractivity contribution in [2.24, 2.45) is 0 Å². The number of rotatable bonds is 5. The van der Waals surface area contributed by atoms with E-state index in [4.69, 9.17) is 5.11 Å². The standard InChI is InChI=1S/C14H19N3O3/c18-13(19)10-12-5-3-9-17(12)14(20)16-8-6-11-4-1-2-7-15-11/h1-2,4,7,12H,3,5-6,8-10H2,(H,16,20)(H,18,19). The van der Waals surface area contributed by atoms with Crippen LogP contribution in [0.4, 0.5) is 4.79 Å². The molecule has 0 bridgehead atoms. The molecule has 0 aliphatic carbocycles. The molecule has 2 rings (SSSR count). The SMILES string of the molecule is O=C(O)CC1CCCN1C(=O)NCCc1ccccn1. The molecule has 108 valence electrons. The van der Waals surface area contributed by atoms with Gasteiger partial charge in [-0.25, -0.2) is 4.79 Å². The van der Waals surface area contributed by atoms with Crippen LogP contribution < -0.4 is 5.32 Å². The fourth-order valence-electron chi connectivity index (χ4n) is 2.46. The van der Waals surface area contributed by atoms with Crippen molar-refractivity contribution in [3.05, 3.63) is 30.1 Å². The average molecular weight is 277 g/mol. The van der Waals surface area contributed by atoms with Gasteiger partial charge in [0, 0.05) is 37.4 Å². The first-order chi connectivity index (χ1) is 9.66. The summed E-state index contributed by atoms with van der Waals surface area (Å²) in [6.07, 6.45) is 4.05. The highest BCUT2D eigenvalue weighted by molar-refractivity contribution is 5.76. The van der Waals surface area contributed by atoms with Gasteiger partial charge in [-0.15, -0.1) is 0 Å². The Bertz CT molecular complexity index is 464. The number of nitrogens with zero attached hydrogens (tertiary/aromatic N) is 2. The summed E-state index contributed by atoms with van der Waals surface area (Å²) in [5, 5.41) is 11.7. The Morgan fingerprint density at radius 1 is 1.45 bits per heavy atom. The van der Waals surface area contributed by atoms with Crippen LogP contribution in [0.25, 0.3) is 0 Å². The Labute approximate surface area is 117 Å². The van der Waals surface area contributed by atoms with E-state index in [0.717, 1.165) is 18.5 Å². The summed E-state index contributed by atoms with van der Waals surface area (Å²) in [6, 6.07) is 5.32. The normalized spacial score (nSPS) is 18.0. The van der Waals surface area contributed by atoms with E-state index in [2.05, 4.69) is 10.3 Å². The van der Waals surface area contributed by atoms with Crippen LogP contribution in [0.2, 0.25) is 0 Å². The van der Waals surface area contributed by atoms with Crippen LogP contribution in [0.15, 0.2) is 24.4 Å². The van der Waals surface area contributed by atoms with Gasteiger partial charge in [-0.1, -0.05) is 6.07 Å². The zero-order chi connectivity index (χ0) is 14.4. The van der Waals surface area contributed by atoms with Crippen LogP contribution in [0.5, 0.6) is 0 Å². The predicted molar refractivity (Wildman–Crippen MR) is 73.3 cm³/mol. The van der Waals surface area contributed by atoms with E-state index < -0.39 is 5.97 Å². The monoisotopic (exact) mass is 277 g/mol. The van der Waals surface area contributed by atoms with Crippen LogP contribution in [0.1, 0.15) is 25.0 Å². The molecule has 6 nitrogen and oxygen atoms in total. The van der Waals surface area contributed by atoms with Crippen molar-refractivity contribution in [3.8, 4) is 0 Å². The number of hydrogen-bond acceptors (Lipinski definition) is 3. The Balaban J connectivity index is 1.78. The summed E-state index contributed by atoms with van der Waals surface area (Å²) in [5.74, 6) is -0.858. The molecule has 1 aliphatic rings. The van der Waals surface area contributed by atoms with Gasteiger partial charge in [0.2, 0.25) is 0 Å². The molecule has 0 radical (unpaired) electrons. The molecule has 1 atom stereocenters. The van der Waals surface area contributed by atoms with Crippen molar-refractivity contribution in [2.45, 2.75) is 31.7 Å². The maximum absolute atomic E-state index is 12.0. The number of urea groups is 1. The van der Waals surface area contributed by atoms with Crippen LogP contribution in [-0.4, -0.2) is 46.1 Å². The summed E-state index contributed by atoms with van der Waals surface area (Å²) < 4.78 is 0. The van der Waals surface area contributed by atoms with Gasteiger partial charge in [0.15, 0.2) is 0 Å². The summed E-state index contributed by atoms with van der Waals surface area (Å²) in [7, 11) is 0. The third-order valence-corrected chi connectivity index (χ3v) is 3.43. The number of aliphatic carboxylic acids is 1. The maximum atomic E-state index is 12.0. The summed E-state index contributed by atoms with van der Waals surface area (Å²) >= 11 is 0. The molecule has 1 unspecified atom stereocenters. The second-order valence-corrected chi connectivity index (χ2v) is 4.89. The zero-order valence-corrected chi connectivity index (χ0v) is 11.3. The number of nitrogens with one attached hydrogen (secondary N) is 1. The molecule has 0 spiro atoms. The third kappa shape index (κ3) is 3.94. The van der Waals surface area contributed by atoms with E-state index >= 15 is 0 Å². The topological polar surface area (TPSA) is 82.5 Å². The van der Waals surface area contributed by atoms with Crippen molar-refractivity contribution < 1.29 is 14.7 Å². The second-order valence-electron chi connectivity index (χ2n) is 4.89. The maximum Gasteiger partial charge on any atom is 0.317 e. The fraction of sp³-hybridized carbons (Fsp3) is 0.500. The van der Waals surface area contributed by atoms with Gasteiger partial charge in [-0.3, -0.25) is 9.78 Å². The number of carboxylic acids is 1. The lowest BCUT2D eigenvalue weighted by molar-refractivity contribution is -0.137. The molecule has 2 N–H and O–H groups in total. The molecule has 0 aromatic carbocycles. The Morgan fingerprint density at radius 3 is 3.00 bits per heavy atom. The van der Waals surface area contributed by atoms with Gasteiger partial charge in [0.25, 0.3) is 0 Å². The number of aromatic nitrogens is 1. The van der Waals surface area contributed by atoms with Crippen molar-refractivity contribution >= 4 is 12.0 Å². The van der Waals surface area contributed by atoms with Gasteiger partial charge in [0.1, 0.15) is 0 Å². The summed E-state index contributed by atoms with van der Waals surface area (Å²) in [4.78, 5) is 28.6. The smallest absolute Gasteiger partial charge is 0.317 e. The van der Waals surface area contributed by atoms with Gasteiger partial charge >= 0.3 is 12.0 Å². The molecule has 0 saturated carbocycles. The molecule has 6 heteroatoms. The quantitative estimate of drug-likeness (QED) is 0.849. The number of hydrogen-bond donors (Lipinski definition) is 2. The predicted octanol–water partition coefficient (Wildman–Crippen LogP) is 1.27. The highest BCUT2D eigenvalue weighted by Crippen LogP contribution is 2.19. The molecular weight excluding hydrogens is 258 g/mol. The van der Waals surface area contributed by atoms with E-state index in [1.807, 2.05) is 18.2 Å². The first-order valence-corrected chi connectivity index (χ1v) is 6.83. The lowest BCUT2D eigenvalue weighted by Crippen LogP contribution is -2.44. The average Bonchev–Trinajstić information content (AvgIpc) is 2.87. The highest BCUT2D eigenvalue weighted by Gasteiger charge is 2.30. The lowest BCUT2D eigenvalue weighted by atomic mass is 10.1. The van der Waals surface area contributed by atoms with E-state index in [1.54, 1.807) is 11.1 Å². The second kappa shape index (κ2) is 6.88. The van der Waals surface area contributed by atoms with Crippen LogP contribution >= 0.6 is 0 Å². The van der Waals surface area contributed by atoms with Gasteiger partial charge < -0.3 is 15.3 Å². The first kappa shape index (κ1) is 14.3. The number of carboxylic acid groups (broad SMARTS) is 1. The minimum atomic E-state index is -0.858. The van der Waals surface area contributed by atoms with Crippen molar-refractivity contribution in [3.63, 3.8) is 0 Å². The van der Waals surface area contributed by atoms with E-state index in [9.17, 15) is 9.59 Å². The van der Waals surface area contributed by atoms with Crippen LogP contribution in [0.3, 0.4) is 0 Å². The molecule has 1 aromatic heterocycles. The number of carbonyl (C=O) groups is 2. The molecule has 1 aromatic rings. The van der Waals surface area contributed by atoms with E-state index in [-0.39, 0.29) is 18.5 Å². The van der Waals surface area contributed by atoms with Gasteiger partial charge in [-0.05, 0) is 25.0 Å². The largest absolute Gasteiger partial charge is 0.481 e. The molecule has 1 fully saturated rings. The van der Waals surface area contributed by atoms with Crippen molar-refractivity contribution in [2.75, 3.05) is 13.1 Å². The minimum Gasteiger partial charge on any atom is -0.481 e. The summed E-state index contributed by atoms with van der Waals surface area (Å²) in [6.45, 7) is 1.14. The molecular formula is C14H19N3O3. The van der Waals surface area contributed by atoms with Gasteiger partial charge in [0.05, 0.1) is 6.42 Å². The Morgan fingerprint density at radius 2 is 2.30 bits per heavy atom. The number of pyridine rings is 1. The van der Waals surface area contributed by atoms with Crippen LogP contribution in [-0.2, 0) is 11.2 Å². The lowest BCUT2D eigenvalue weighted by Gasteiger charge is -2.23. The minimum absolute atomic E-state index is 0.0215. The summed E-state index contributed by atoms with van der Waals surface area (Å²) in [5.41, 5.74) is 0.927. The van der Waals surface area contributed by atoms with Gasteiger partial charge in [-0.2, -0.15) is 0 Å². The van der Waals surface area contributed by atoms with E-state index in [1.165, 1.54) is 0 Å². The number of amides is 2. The first-order valence-electron chi connectivity index (χ1n) is 6.83. The fourth-order valence-corrected chi connectivity index (χ4v) is 2.46. The molecule has 2 amide bonds. The zero-order valence-electron chi connectivity index (χ0n) is 11.3. The molecule has 20 heavy (non-hydrogen) atoms. The number of carbonyl (C=O) groups excluding carboxylic acids is 1. The molecule has 2 heterocycles. The Kier molecular flexibility index (Phi) is 4.92. The molecule has 1 saturated heterocycles. The van der Waals surface area contributed by atoms with Crippen LogP contribution in [0, 0.1) is 0 Å². The van der Waals surface area contributed by atoms with Crippen molar-refractivity contribution in [1.29, 1.82) is 0 Å². The highest BCUT2D eigenvalue weighted by atomic mass is 16.4.